The smallest absolute Gasteiger partial charge is 0.235 e. The maximum absolute atomic E-state index is 12.3. The number of imide groups is 1. The molecule has 0 radical (unpaired) electrons. The molecule has 1 atom stereocenters. The van der Waals surface area contributed by atoms with Crippen LogP contribution in [0, 0.1) is 0 Å². The number of carbonyl (C=O) groups is 2. The molecule has 3 rings (SSSR count). The van der Waals surface area contributed by atoms with Crippen LogP contribution in [0.1, 0.15) is 54.9 Å². The third-order valence-electron chi connectivity index (χ3n) is 4.11. The molecule has 0 saturated carbocycles. The first-order chi connectivity index (χ1) is 11.5. The van der Waals surface area contributed by atoms with Crippen molar-refractivity contribution < 1.29 is 13.7 Å². The summed E-state index contributed by atoms with van der Waals surface area (Å²) in [6.45, 7) is 3.55. The largest absolute Gasteiger partial charge is 0.296 e. The lowest BCUT2D eigenvalue weighted by molar-refractivity contribution is -0.134. The van der Waals surface area contributed by atoms with E-state index in [0.717, 1.165) is 10.2 Å². The summed E-state index contributed by atoms with van der Waals surface area (Å²) in [5.74, 6) is -1.36. The quantitative estimate of drug-likeness (QED) is 0.823. The summed E-state index contributed by atoms with van der Waals surface area (Å²) in [6, 6.07) is 5.53. The van der Waals surface area contributed by atoms with Crippen molar-refractivity contribution in [2.45, 2.75) is 44.9 Å². The number of aryl methyl sites for hydroxylation is 1. The van der Waals surface area contributed by atoms with Gasteiger partial charge in [0.2, 0.25) is 11.8 Å². The minimum absolute atomic E-state index is 0.220. The molecule has 116 valence electrons. The molecule has 1 unspecified atom stereocenters. The number of benzene rings is 1. The van der Waals surface area contributed by atoms with E-state index in [1.807, 2.05) is 32.9 Å². The normalized spacial score (nSPS) is 22.1. The highest BCUT2D eigenvalue weighted by atomic mass is 16.2. The zero-order valence-electron chi connectivity index (χ0n) is 15.9. The minimum atomic E-state index is -2.46. The monoisotopic (exact) mass is 302 g/mol. The van der Waals surface area contributed by atoms with Gasteiger partial charge in [-0.3, -0.25) is 19.6 Å². The van der Waals surface area contributed by atoms with Crippen LogP contribution in [0.5, 0.6) is 0 Å². The highest BCUT2D eigenvalue weighted by Gasteiger charge is 2.32. The summed E-state index contributed by atoms with van der Waals surface area (Å²) in [5, 5.41) is 7.28. The summed E-state index contributed by atoms with van der Waals surface area (Å²) in [5.41, 5.74) is 1.51. The lowest BCUT2D eigenvalue weighted by Crippen LogP contribution is -2.39. The Kier molecular flexibility index (Phi) is 2.56. The summed E-state index contributed by atoms with van der Waals surface area (Å²) in [6.07, 6.45) is 0.551. The number of fused-ring (bicyclic) bond motifs is 1. The summed E-state index contributed by atoms with van der Waals surface area (Å²) in [7, 11) is 0. The van der Waals surface area contributed by atoms with Crippen molar-refractivity contribution in [2.75, 3.05) is 0 Å². The Morgan fingerprint density at radius 2 is 2.14 bits per heavy atom. The molecule has 0 aliphatic carbocycles. The van der Waals surface area contributed by atoms with E-state index < -0.39 is 18.8 Å². The zero-order chi connectivity index (χ0) is 18.6. The van der Waals surface area contributed by atoms with Crippen LogP contribution in [-0.4, -0.2) is 21.6 Å². The molecule has 2 heterocycles. The number of piperidine rings is 1. The van der Waals surface area contributed by atoms with Gasteiger partial charge in [-0.1, -0.05) is 39.0 Å². The van der Waals surface area contributed by atoms with Crippen LogP contribution in [0.15, 0.2) is 18.2 Å². The predicted octanol–water partition coefficient (Wildman–Crippen LogP) is 2.39. The van der Waals surface area contributed by atoms with Crippen LogP contribution in [0.3, 0.4) is 0 Å². The first kappa shape index (κ1) is 11.4. The molecular weight excluding hydrogens is 278 g/mol. The van der Waals surface area contributed by atoms with Gasteiger partial charge in [-0.25, -0.2) is 0 Å². The molecule has 2 aromatic rings. The van der Waals surface area contributed by atoms with Crippen molar-refractivity contribution in [3.8, 4) is 0 Å². The van der Waals surface area contributed by atoms with Crippen LogP contribution in [0.2, 0.25) is 0 Å². The molecule has 1 saturated heterocycles. The van der Waals surface area contributed by atoms with Crippen molar-refractivity contribution >= 4 is 22.7 Å². The lowest BCUT2D eigenvalue weighted by atomic mass is 9.84. The molecule has 1 aliphatic rings. The first-order valence-corrected chi connectivity index (χ1v) is 7.36. The van der Waals surface area contributed by atoms with Crippen molar-refractivity contribution in [1.82, 2.24) is 15.1 Å². The molecular formula is C17H21N3O2. The highest BCUT2D eigenvalue weighted by molar-refractivity contribution is 6.02. The average Bonchev–Trinajstić information content (AvgIpc) is 2.85. The number of amides is 2. The maximum Gasteiger partial charge on any atom is 0.235 e. The number of nitrogens with zero attached hydrogens (tertiary/aromatic N) is 2. The molecule has 1 aromatic heterocycles. The second-order valence-electron chi connectivity index (χ2n) is 6.75. The zero-order valence-corrected chi connectivity index (χ0v) is 12.9. The van der Waals surface area contributed by atoms with Gasteiger partial charge in [0.1, 0.15) is 0 Å². The van der Waals surface area contributed by atoms with Crippen LogP contribution >= 0.6 is 0 Å². The highest BCUT2D eigenvalue weighted by Crippen LogP contribution is 2.35. The molecule has 1 aliphatic heterocycles. The summed E-state index contributed by atoms with van der Waals surface area (Å²) < 4.78 is 24.6. The second kappa shape index (κ2) is 4.93. The Morgan fingerprint density at radius 1 is 1.36 bits per heavy atom. The van der Waals surface area contributed by atoms with Gasteiger partial charge in [-0.15, -0.1) is 0 Å². The number of rotatable bonds is 1. The van der Waals surface area contributed by atoms with Gasteiger partial charge in [0.05, 0.1) is 17.1 Å². The van der Waals surface area contributed by atoms with E-state index in [9.17, 15) is 9.59 Å². The Labute approximate surface area is 133 Å². The van der Waals surface area contributed by atoms with Gasteiger partial charge in [0, 0.05) is 22.9 Å². The molecule has 2 amide bonds. The Morgan fingerprint density at radius 3 is 2.77 bits per heavy atom. The van der Waals surface area contributed by atoms with Crippen molar-refractivity contribution in [1.29, 1.82) is 0 Å². The first-order valence-electron chi connectivity index (χ1n) is 8.86. The molecule has 1 fully saturated rings. The van der Waals surface area contributed by atoms with E-state index in [0.29, 0.717) is 23.0 Å². The number of aromatic nitrogens is 2. The van der Waals surface area contributed by atoms with Crippen molar-refractivity contribution in [3.05, 3.63) is 29.5 Å². The van der Waals surface area contributed by atoms with Gasteiger partial charge < -0.3 is 0 Å². The Bertz CT molecular complexity index is 862. The van der Waals surface area contributed by atoms with Crippen LogP contribution in [-0.2, 0) is 22.0 Å². The molecule has 0 bridgehead atoms. The number of para-hydroxylation sites is 1. The predicted molar refractivity (Wildman–Crippen MR) is 84.5 cm³/mol. The van der Waals surface area contributed by atoms with E-state index >= 15 is 0 Å². The molecule has 22 heavy (non-hydrogen) atoms. The SMILES string of the molecule is [2H]C([2H])([2H])n1nc(C2CCC(=O)NC2=O)c2cccc(C(C)(C)C)c21. The number of nitrogens with one attached hydrogen (secondary N) is 1. The van der Waals surface area contributed by atoms with Gasteiger partial charge in [-0.2, -0.15) is 5.10 Å². The van der Waals surface area contributed by atoms with E-state index in [-0.39, 0.29) is 17.7 Å². The maximum atomic E-state index is 12.3. The van der Waals surface area contributed by atoms with Gasteiger partial charge in [0.15, 0.2) is 0 Å². The van der Waals surface area contributed by atoms with Gasteiger partial charge in [-0.05, 0) is 17.4 Å². The van der Waals surface area contributed by atoms with Crippen LogP contribution in [0.25, 0.3) is 10.9 Å². The standard InChI is InChI=1S/C17H21N3O2/c1-17(2,3)12-7-5-6-10-14(19-20(4)15(10)12)11-8-9-13(21)18-16(11)22/h5-7,11H,8-9H2,1-4H3,(H,18,21,22)/i4D3. The topological polar surface area (TPSA) is 64.0 Å². The van der Waals surface area contributed by atoms with E-state index in [1.165, 1.54) is 0 Å². The minimum Gasteiger partial charge on any atom is -0.296 e. The van der Waals surface area contributed by atoms with E-state index in [1.54, 1.807) is 6.07 Å². The van der Waals surface area contributed by atoms with E-state index in [4.69, 9.17) is 4.11 Å². The molecule has 1 aromatic carbocycles. The summed E-state index contributed by atoms with van der Waals surface area (Å²) in [4.78, 5) is 23.7. The number of hydrogen-bond donors (Lipinski definition) is 1. The van der Waals surface area contributed by atoms with Crippen LogP contribution in [0.4, 0.5) is 0 Å². The van der Waals surface area contributed by atoms with E-state index in [2.05, 4.69) is 10.4 Å². The third-order valence-corrected chi connectivity index (χ3v) is 4.11. The number of hydrogen-bond acceptors (Lipinski definition) is 3. The molecule has 0 spiro atoms. The number of carbonyl (C=O) groups excluding carboxylic acids is 2. The summed E-state index contributed by atoms with van der Waals surface area (Å²) >= 11 is 0. The Hall–Kier alpha value is -2.17. The fraction of sp³-hybridized carbons (Fsp3) is 0.471. The molecule has 5 heteroatoms. The average molecular weight is 302 g/mol. The fourth-order valence-electron chi connectivity index (χ4n) is 3.01. The Balaban J connectivity index is 2.28. The lowest BCUT2D eigenvalue weighted by Gasteiger charge is -2.21. The van der Waals surface area contributed by atoms with Gasteiger partial charge in [0.25, 0.3) is 0 Å². The fourth-order valence-corrected chi connectivity index (χ4v) is 3.01. The van der Waals surface area contributed by atoms with Gasteiger partial charge >= 0.3 is 0 Å². The van der Waals surface area contributed by atoms with Crippen LogP contribution < -0.4 is 5.32 Å². The molecule has 5 nitrogen and oxygen atoms in total. The van der Waals surface area contributed by atoms with Crippen molar-refractivity contribution in [3.63, 3.8) is 0 Å². The molecule has 1 N–H and O–H groups in total. The van der Waals surface area contributed by atoms with Crippen molar-refractivity contribution in [2.24, 2.45) is 6.98 Å². The second-order valence-corrected chi connectivity index (χ2v) is 6.75. The third kappa shape index (κ3) is 2.30.